The van der Waals surface area contributed by atoms with E-state index in [9.17, 15) is 9.59 Å². The van der Waals surface area contributed by atoms with E-state index in [1.807, 2.05) is 41.3 Å². The van der Waals surface area contributed by atoms with Gasteiger partial charge < -0.3 is 15.2 Å². The van der Waals surface area contributed by atoms with Crippen LogP contribution in [0.2, 0.25) is 0 Å². The largest absolute Gasteiger partial charge is 0.358 e. The van der Waals surface area contributed by atoms with Crippen molar-refractivity contribution in [3.8, 4) is 0 Å². The van der Waals surface area contributed by atoms with Crippen molar-refractivity contribution in [2.45, 2.75) is 51.5 Å². The summed E-state index contributed by atoms with van der Waals surface area (Å²) in [5.74, 6) is 0.0374. The second-order valence-electron chi connectivity index (χ2n) is 8.75. The molecule has 5 rings (SSSR count). The fourth-order valence-electron chi connectivity index (χ4n) is 4.94. The van der Waals surface area contributed by atoms with Gasteiger partial charge >= 0.3 is 0 Å². The third-order valence-electron chi connectivity index (χ3n) is 6.68. The highest BCUT2D eigenvalue weighted by atomic mass is 16.2. The fourth-order valence-corrected chi connectivity index (χ4v) is 4.94. The molecule has 2 heterocycles. The fraction of sp³-hybridized carbons (Fsp3) is 0.385. The Morgan fingerprint density at radius 2 is 1.68 bits per heavy atom. The first-order chi connectivity index (χ1) is 15.2. The number of aromatic nitrogens is 1. The maximum absolute atomic E-state index is 12.9. The molecule has 3 aromatic rings. The van der Waals surface area contributed by atoms with Crippen molar-refractivity contribution in [2.24, 2.45) is 0 Å². The van der Waals surface area contributed by atoms with Gasteiger partial charge in [0.1, 0.15) is 0 Å². The van der Waals surface area contributed by atoms with Gasteiger partial charge in [0.15, 0.2) is 0 Å². The van der Waals surface area contributed by atoms with Crippen LogP contribution in [0, 0.1) is 0 Å². The molecule has 1 aromatic heterocycles. The van der Waals surface area contributed by atoms with E-state index >= 15 is 0 Å². The first-order valence-corrected chi connectivity index (χ1v) is 11.5. The monoisotopic (exact) mass is 415 g/mol. The molecule has 2 N–H and O–H groups in total. The molecule has 160 valence electrons. The van der Waals surface area contributed by atoms with Crippen molar-refractivity contribution in [3.05, 3.63) is 70.4 Å². The first-order valence-electron chi connectivity index (χ1n) is 11.5. The average molecular weight is 416 g/mol. The SMILES string of the molecule is O=C(NCc1ccc(C(=O)N2CCCCC2)cc1)c1cccc2c3c([nH]c12)CCCC3. The summed E-state index contributed by atoms with van der Waals surface area (Å²) in [6, 6.07) is 13.6. The van der Waals surface area contributed by atoms with Crippen molar-refractivity contribution >= 4 is 22.7 Å². The van der Waals surface area contributed by atoms with Crippen LogP contribution < -0.4 is 5.32 Å². The van der Waals surface area contributed by atoms with Gasteiger partial charge in [-0.1, -0.05) is 24.3 Å². The van der Waals surface area contributed by atoms with Gasteiger partial charge in [-0.3, -0.25) is 9.59 Å². The number of hydrogen-bond acceptors (Lipinski definition) is 2. The second-order valence-corrected chi connectivity index (χ2v) is 8.75. The highest BCUT2D eigenvalue weighted by Gasteiger charge is 2.20. The molecule has 1 aliphatic heterocycles. The van der Waals surface area contributed by atoms with Crippen LogP contribution in [0.3, 0.4) is 0 Å². The molecule has 2 aromatic carbocycles. The number of aromatic amines is 1. The molecule has 0 unspecified atom stereocenters. The van der Waals surface area contributed by atoms with Gasteiger partial charge in [-0.2, -0.15) is 0 Å². The lowest BCUT2D eigenvalue weighted by Crippen LogP contribution is -2.35. The maximum atomic E-state index is 12.9. The Balaban J connectivity index is 1.26. The van der Waals surface area contributed by atoms with Crippen LogP contribution in [0.15, 0.2) is 42.5 Å². The Kier molecular flexibility index (Phi) is 5.49. The summed E-state index contributed by atoms with van der Waals surface area (Å²) in [5.41, 5.74) is 6.03. The minimum absolute atomic E-state index is 0.0716. The zero-order chi connectivity index (χ0) is 21.2. The van der Waals surface area contributed by atoms with E-state index in [-0.39, 0.29) is 11.8 Å². The molecule has 0 bridgehead atoms. The zero-order valence-electron chi connectivity index (χ0n) is 17.9. The number of likely N-dealkylation sites (tertiary alicyclic amines) is 1. The minimum Gasteiger partial charge on any atom is -0.358 e. The molecule has 5 heteroatoms. The van der Waals surface area contributed by atoms with E-state index < -0.39 is 0 Å². The number of hydrogen-bond donors (Lipinski definition) is 2. The number of aryl methyl sites for hydroxylation is 2. The summed E-state index contributed by atoms with van der Waals surface area (Å²) < 4.78 is 0. The summed E-state index contributed by atoms with van der Waals surface area (Å²) in [5, 5.41) is 4.23. The van der Waals surface area contributed by atoms with Crippen LogP contribution in [-0.4, -0.2) is 34.8 Å². The predicted molar refractivity (Wildman–Crippen MR) is 122 cm³/mol. The van der Waals surface area contributed by atoms with Gasteiger partial charge in [0.2, 0.25) is 0 Å². The van der Waals surface area contributed by atoms with E-state index in [0.29, 0.717) is 12.1 Å². The highest BCUT2D eigenvalue weighted by Crippen LogP contribution is 2.30. The molecular formula is C26H29N3O2. The molecule has 1 saturated heterocycles. The Morgan fingerprint density at radius 3 is 2.48 bits per heavy atom. The van der Waals surface area contributed by atoms with Crippen LogP contribution in [0.25, 0.3) is 10.9 Å². The van der Waals surface area contributed by atoms with Crippen molar-refractivity contribution in [1.82, 2.24) is 15.2 Å². The third-order valence-corrected chi connectivity index (χ3v) is 6.68. The summed E-state index contributed by atoms with van der Waals surface area (Å²) in [6.45, 7) is 2.14. The van der Waals surface area contributed by atoms with Crippen molar-refractivity contribution in [1.29, 1.82) is 0 Å². The van der Waals surface area contributed by atoms with Crippen LogP contribution in [0.1, 0.15) is 69.6 Å². The number of rotatable bonds is 4. The van der Waals surface area contributed by atoms with Crippen LogP contribution >= 0.6 is 0 Å². The lowest BCUT2D eigenvalue weighted by molar-refractivity contribution is 0.0724. The minimum atomic E-state index is -0.0716. The Hall–Kier alpha value is -3.08. The normalized spacial score (nSPS) is 16.2. The van der Waals surface area contributed by atoms with E-state index in [0.717, 1.165) is 55.4 Å². The molecule has 0 saturated carbocycles. The Morgan fingerprint density at radius 1 is 0.903 bits per heavy atom. The lowest BCUT2D eigenvalue weighted by atomic mass is 9.95. The van der Waals surface area contributed by atoms with Gasteiger partial charge in [0, 0.05) is 36.3 Å². The zero-order valence-corrected chi connectivity index (χ0v) is 17.9. The molecule has 2 aliphatic rings. The summed E-state index contributed by atoms with van der Waals surface area (Å²) >= 11 is 0. The number of fused-ring (bicyclic) bond motifs is 3. The van der Waals surface area contributed by atoms with E-state index in [4.69, 9.17) is 0 Å². The molecule has 31 heavy (non-hydrogen) atoms. The van der Waals surface area contributed by atoms with Gasteiger partial charge in [-0.15, -0.1) is 0 Å². The highest BCUT2D eigenvalue weighted by molar-refractivity contribution is 6.06. The smallest absolute Gasteiger partial charge is 0.253 e. The second kappa shape index (κ2) is 8.58. The Labute approximate surface area is 182 Å². The standard InChI is InChI=1S/C26H29N3O2/c30-25(22-9-6-8-21-20-7-2-3-10-23(20)28-24(21)22)27-17-18-11-13-19(14-12-18)26(31)29-15-4-1-5-16-29/h6,8-9,11-14,28H,1-5,7,10,15-17H2,(H,27,30). The number of nitrogens with zero attached hydrogens (tertiary/aromatic N) is 1. The molecule has 1 aliphatic carbocycles. The molecule has 1 fully saturated rings. The molecule has 0 radical (unpaired) electrons. The molecule has 2 amide bonds. The maximum Gasteiger partial charge on any atom is 0.253 e. The van der Waals surface area contributed by atoms with Gasteiger partial charge in [0.25, 0.3) is 11.8 Å². The average Bonchev–Trinajstić information content (AvgIpc) is 3.22. The first kappa shape index (κ1) is 19.9. The quantitative estimate of drug-likeness (QED) is 0.654. The van der Waals surface area contributed by atoms with Crippen molar-refractivity contribution in [2.75, 3.05) is 13.1 Å². The number of carbonyl (C=O) groups is 2. The van der Waals surface area contributed by atoms with Gasteiger partial charge in [-0.25, -0.2) is 0 Å². The number of carbonyl (C=O) groups excluding carboxylic acids is 2. The summed E-state index contributed by atoms with van der Waals surface area (Å²) in [7, 11) is 0. The van der Waals surface area contributed by atoms with Gasteiger partial charge in [-0.05, 0) is 74.3 Å². The molecule has 0 spiro atoms. The number of piperidine rings is 1. The number of para-hydroxylation sites is 1. The molecule has 5 nitrogen and oxygen atoms in total. The summed E-state index contributed by atoms with van der Waals surface area (Å²) in [4.78, 5) is 31.0. The number of benzene rings is 2. The summed E-state index contributed by atoms with van der Waals surface area (Å²) in [6.07, 6.45) is 7.96. The molecular weight excluding hydrogens is 386 g/mol. The lowest BCUT2D eigenvalue weighted by Gasteiger charge is -2.26. The van der Waals surface area contributed by atoms with Crippen molar-refractivity contribution < 1.29 is 9.59 Å². The van der Waals surface area contributed by atoms with Crippen LogP contribution in [-0.2, 0) is 19.4 Å². The molecule has 0 atom stereocenters. The Bertz CT molecular complexity index is 1110. The number of H-pyrrole nitrogens is 1. The van der Waals surface area contributed by atoms with E-state index in [1.54, 1.807) is 0 Å². The van der Waals surface area contributed by atoms with Crippen molar-refractivity contribution in [3.63, 3.8) is 0 Å². The topological polar surface area (TPSA) is 65.2 Å². The predicted octanol–water partition coefficient (Wildman–Crippen LogP) is 4.60. The van der Waals surface area contributed by atoms with Crippen LogP contribution in [0.4, 0.5) is 0 Å². The van der Waals surface area contributed by atoms with Gasteiger partial charge in [0.05, 0.1) is 11.1 Å². The van der Waals surface area contributed by atoms with E-state index in [1.165, 1.54) is 35.9 Å². The third kappa shape index (κ3) is 3.97. The number of nitrogens with one attached hydrogen (secondary N) is 2. The van der Waals surface area contributed by atoms with E-state index in [2.05, 4.69) is 16.4 Å². The number of amides is 2. The van der Waals surface area contributed by atoms with Crippen LogP contribution in [0.5, 0.6) is 0 Å².